The van der Waals surface area contributed by atoms with E-state index in [9.17, 15) is 0 Å². The summed E-state index contributed by atoms with van der Waals surface area (Å²) in [5.41, 5.74) is 0. The van der Waals surface area contributed by atoms with Crippen LogP contribution in [0.4, 0.5) is 0 Å². The molecule has 0 bridgehead atoms. The normalized spacial score (nSPS) is 36.8. The van der Waals surface area contributed by atoms with Gasteiger partial charge in [0.2, 0.25) is 0 Å². The van der Waals surface area contributed by atoms with Gasteiger partial charge in [-0.15, -0.1) is 0 Å². The molecule has 2 nitrogen and oxygen atoms in total. The Hall–Kier alpha value is -0.0800. The third-order valence-electron chi connectivity index (χ3n) is 4.62. The zero-order chi connectivity index (χ0) is 11.4. The van der Waals surface area contributed by atoms with E-state index in [4.69, 9.17) is 5.11 Å². The number of hydrogen-bond acceptors (Lipinski definition) is 2. The van der Waals surface area contributed by atoms with Crippen molar-refractivity contribution in [3.05, 3.63) is 0 Å². The summed E-state index contributed by atoms with van der Waals surface area (Å²) < 4.78 is 0. The zero-order valence-corrected chi connectivity index (χ0v) is 10.6. The molecule has 0 amide bonds. The van der Waals surface area contributed by atoms with E-state index in [1.807, 2.05) is 0 Å². The third kappa shape index (κ3) is 3.21. The minimum absolute atomic E-state index is 0.312. The number of hydrogen-bond donors (Lipinski definition) is 2. The molecule has 2 heteroatoms. The SMILES string of the molecule is CC(CCO)NC1CCC2CCCCC2C1. The van der Waals surface area contributed by atoms with Crippen molar-refractivity contribution in [2.45, 2.75) is 70.4 Å². The van der Waals surface area contributed by atoms with Crippen molar-refractivity contribution in [1.82, 2.24) is 5.32 Å². The highest BCUT2D eigenvalue weighted by Gasteiger charge is 2.32. The average Bonchev–Trinajstić information content (AvgIpc) is 2.29. The Morgan fingerprint density at radius 1 is 1.12 bits per heavy atom. The van der Waals surface area contributed by atoms with Gasteiger partial charge in [-0.05, 0) is 44.4 Å². The molecule has 2 rings (SSSR count). The van der Waals surface area contributed by atoms with Crippen LogP contribution < -0.4 is 5.32 Å². The van der Waals surface area contributed by atoms with E-state index in [1.165, 1.54) is 44.9 Å². The van der Waals surface area contributed by atoms with Gasteiger partial charge in [0.05, 0.1) is 0 Å². The molecule has 0 aromatic carbocycles. The van der Waals surface area contributed by atoms with Crippen LogP contribution in [0.15, 0.2) is 0 Å². The average molecular weight is 225 g/mol. The third-order valence-corrected chi connectivity index (χ3v) is 4.62. The molecule has 16 heavy (non-hydrogen) atoms. The minimum atomic E-state index is 0.312. The number of aliphatic hydroxyl groups is 1. The molecule has 94 valence electrons. The van der Waals surface area contributed by atoms with Gasteiger partial charge >= 0.3 is 0 Å². The highest BCUT2D eigenvalue weighted by molar-refractivity contribution is 4.87. The highest BCUT2D eigenvalue weighted by atomic mass is 16.3. The molecule has 4 unspecified atom stereocenters. The van der Waals surface area contributed by atoms with Gasteiger partial charge in [-0.2, -0.15) is 0 Å². The largest absolute Gasteiger partial charge is 0.396 e. The quantitative estimate of drug-likeness (QED) is 0.771. The van der Waals surface area contributed by atoms with Gasteiger partial charge in [0, 0.05) is 18.7 Å². The van der Waals surface area contributed by atoms with Crippen LogP contribution in [-0.2, 0) is 0 Å². The van der Waals surface area contributed by atoms with Crippen LogP contribution in [-0.4, -0.2) is 23.8 Å². The number of rotatable bonds is 4. The molecule has 2 aliphatic rings. The summed E-state index contributed by atoms with van der Waals surface area (Å²) in [6, 6.07) is 1.20. The molecule has 0 saturated heterocycles. The first kappa shape index (κ1) is 12.4. The monoisotopic (exact) mass is 225 g/mol. The molecule has 2 saturated carbocycles. The lowest BCUT2D eigenvalue weighted by molar-refractivity contribution is 0.136. The van der Waals surface area contributed by atoms with E-state index in [1.54, 1.807) is 0 Å². The van der Waals surface area contributed by atoms with Gasteiger partial charge in [0.25, 0.3) is 0 Å². The Morgan fingerprint density at radius 3 is 2.62 bits per heavy atom. The van der Waals surface area contributed by atoms with Crippen molar-refractivity contribution in [2.75, 3.05) is 6.61 Å². The van der Waals surface area contributed by atoms with Gasteiger partial charge in [-0.1, -0.05) is 25.7 Å². The summed E-state index contributed by atoms with van der Waals surface area (Å²) in [4.78, 5) is 0. The number of aliphatic hydroxyl groups excluding tert-OH is 1. The summed E-state index contributed by atoms with van der Waals surface area (Å²) in [6.07, 6.45) is 11.0. The maximum Gasteiger partial charge on any atom is 0.0445 e. The predicted octanol–water partition coefficient (Wildman–Crippen LogP) is 2.71. The Labute approximate surface area is 99.8 Å². The van der Waals surface area contributed by atoms with Crippen LogP contribution in [0.25, 0.3) is 0 Å². The van der Waals surface area contributed by atoms with Crippen molar-refractivity contribution in [3.63, 3.8) is 0 Å². The molecule has 0 aliphatic heterocycles. The van der Waals surface area contributed by atoms with Crippen LogP contribution in [0.1, 0.15) is 58.3 Å². The van der Waals surface area contributed by atoms with Crippen LogP contribution in [0, 0.1) is 11.8 Å². The fourth-order valence-electron chi connectivity index (χ4n) is 3.70. The topological polar surface area (TPSA) is 32.3 Å². The molecule has 2 aliphatic carbocycles. The lowest BCUT2D eigenvalue weighted by Gasteiger charge is -2.40. The highest BCUT2D eigenvalue weighted by Crippen LogP contribution is 2.40. The summed E-state index contributed by atoms with van der Waals surface area (Å²) >= 11 is 0. The van der Waals surface area contributed by atoms with E-state index in [2.05, 4.69) is 12.2 Å². The fraction of sp³-hybridized carbons (Fsp3) is 1.00. The molecule has 4 atom stereocenters. The maximum absolute atomic E-state index is 8.91. The fourth-order valence-corrected chi connectivity index (χ4v) is 3.70. The second-order valence-electron chi connectivity index (χ2n) is 5.89. The molecule has 0 radical (unpaired) electrons. The second kappa shape index (κ2) is 6.02. The Kier molecular flexibility index (Phi) is 4.66. The van der Waals surface area contributed by atoms with Crippen molar-refractivity contribution >= 4 is 0 Å². The first-order valence-electron chi connectivity index (χ1n) is 7.16. The lowest BCUT2D eigenvalue weighted by Crippen LogP contribution is -2.42. The van der Waals surface area contributed by atoms with Crippen LogP contribution >= 0.6 is 0 Å². The number of nitrogens with one attached hydrogen (secondary N) is 1. The zero-order valence-electron chi connectivity index (χ0n) is 10.6. The second-order valence-corrected chi connectivity index (χ2v) is 5.89. The van der Waals surface area contributed by atoms with Gasteiger partial charge in [-0.25, -0.2) is 0 Å². The standard InChI is InChI=1S/C14H27NO/c1-11(8-9-16)15-14-7-6-12-4-2-3-5-13(12)10-14/h11-16H,2-10H2,1H3. The maximum atomic E-state index is 8.91. The van der Waals surface area contributed by atoms with Crippen LogP contribution in [0.5, 0.6) is 0 Å². The van der Waals surface area contributed by atoms with E-state index in [0.29, 0.717) is 12.6 Å². The summed E-state index contributed by atoms with van der Waals surface area (Å²) in [5.74, 6) is 2.04. The van der Waals surface area contributed by atoms with Crippen LogP contribution in [0.3, 0.4) is 0 Å². The molecule has 0 heterocycles. The molecule has 0 aromatic rings. The Bertz CT molecular complexity index is 207. The smallest absolute Gasteiger partial charge is 0.0445 e. The van der Waals surface area contributed by atoms with E-state index in [0.717, 1.165) is 24.3 Å². The first-order valence-corrected chi connectivity index (χ1v) is 7.16. The van der Waals surface area contributed by atoms with E-state index >= 15 is 0 Å². The summed E-state index contributed by atoms with van der Waals surface area (Å²) in [6.45, 7) is 2.51. The van der Waals surface area contributed by atoms with Gasteiger partial charge in [0.15, 0.2) is 0 Å². The Morgan fingerprint density at radius 2 is 1.88 bits per heavy atom. The van der Waals surface area contributed by atoms with Crippen LogP contribution in [0.2, 0.25) is 0 Å². The molecule has 2 fully saturated rings. The summed E-state index contributed by atoms with van der Waals surface area (Å²) in [7, 11) is 0. The number of fused-ring (bicyclic) bond motifs is 1. The first-order chi connectivity index (χ1) is 7.79. The van der Waals surface area contributed by atoms with Gasteiger partial charge in [-0.3, -0.25) is 0 Å². The minimum Gasteiger partial charge on any atom is -0.396 e. The van der Waals surface area contributed by atoms with Crippen molar-refractivity contribution in [1.29, 1.82) is 0 Å². The summed E-state index contributed by atoms with van der Waals surface area (Å²) in [5, 5.41) is 12.6. The van der Waals surface area contributed by atoms with E-state index in [-0.39, 0.29) is 0 Å². The van der Waals surface area contributed by atoms with Gasteiger partial charge < -0.3 is 10.4 Å². The van der Waals surface area contributed by atoms with Crippen molar-refractivity contribution < 1.29 is 5.11 Å². The molecular weight excluding hydrogens is 198 g/mol. The van der Waals surface area contributed by atoms with Gasteiger partial charge in [0.1, 0.15) is 0 Å². The lowest BCUT2D eigenvalue weighted by atomic mass is 9.69. The van der Waals surface area contributed by atoms with E-state index < -0.39 is 0 Å². The molecular formula is C14H27NO. The Balaban J connectivity index is 1.76. The predicted molar refractivity (Wildman–Crippen MR) is 67.4 cm³/mol. The molecule has 2 N–H and O–H groups in total. The van der Waals surface area contributed by atoms with Crippen molar-refractivity contribution in [3.8, 4) is 0 Å². The van der Waals surface area contributed by atoms with Crippen molar-refractivity contribution in [2.24, 2.45) is 11.8 Å². The molecule has 0 spiro atoms. The molecule has 0 aromatic heterocycles.